The van der Waals surface area contributed by atoms with E-state index in [-0.39, 0.29) is 17.6 Å². The molecular weight excluding hydrogens is 296 g/mol. The Bertz CT molecular complexity index is 718. The second-order valence-corrected chi connectivity index (χ2v) is 5.63. The molecule has 2 aromatic heterocycles. The van der Waals surface area contributed by atoms with Crippen LogP contribution in [-0.2, 0) is 18.3 Å². The molecule has 0 bridgehead atoms. The molecule has 122 valence electrons. The van der Waals surface area contributed by atoms with Crippen molar-refractivity contribution in [3.05, 3.63) is 35.9 Å². The van der Waals surface area contributed by atoms with Crippen LogP contribution >= 0.6 is 0 Å². The first-order chi connectivity index (χ1) is 11.1. The van der Waals surface area contributed by atoms with Crippen molar-refractivity contribution in [3.63, 3.8) is 0 Å². The van der Waals surface area contributed by atoms with E-state index in [0.717, 1.165) is 18.6 Å². The van der Waals surface area contributed by atoms with E-state index < -0.39 is 6.04 Å². The van der Waals surface area contributed by atoms with Crippen LogP contribution in [0.25, 0.3) is 0 Å². The van der Waals surface area contributed by atoms with Gasteiger partial charge in [0.1, 0.15) is 11.8 Å². The zero-order chi connectivity index (χ0) is 16.4. The third-order valence-corrected chi connectivity index (χ3v) is 3.95. The lowest BCUT2D eigenvalue weighted by molar-refractivity contribution is -0.121. The van der Waals surface area contributed by atoms with Crippen LogP contribution in [0.15, 0.2) is 28.8 Å². The Morgan fingerprint density at radius 1 is 1.43 bits per heavy atom. The number of carbonyl (C=O) groups excluding carboxylic acids is 2. The topological polar surface area (TPSA) is 80.4 Å². The Balaban J connectivity index is 1.70. The summed E-state index contributed by atoms with van der Waals surface area (Å²) >= 11 is 0. The maximum absolute atomic E-state index is 12.6. The van der Waals surface area contributed by atoms with Crippen LogP contribution in [0.4, 0.5) is 5.82 Å². The molecule has 3 rings (SSSR count). The molecule has 7 nitrogen and oxygen atoms in total. The molecule has 0 unspecified atom stereocenters. The number of rotatable bonds is 4. The molecule has 23 heavy (non-hydrogen) atoms. The fourth-order valence-corrected chi connectivity index (χ4v) is 2.70. The van der Waals surface area contributed by atoms with Crippen LogP contribution in [0.3, 0.4) is 0 Å². The predicted octanol–water partition coefficient (Wildman–Crippen LogP) is 1.50. The molecule has 0 aromatic carbocycles. The summed E-state index contributed by atoms with van der Waals surface area (Å²) in [5.74, 6) is 1.11. The lowest BCUT2D eigenvalue weighted by Crippen LogP contribution is -2.52. The highest BCUT2D eigenvalue weighted by Crippen LogP contribution is 2.19. The first-order valence-electron chi connectivity index (χ1n) is 7.79. The van der Waals surface area contributed by atoms with E-state index >= 15 is 0 Å². The van der Waals surface area contributed by atoms with Gasteiger partial charge in [0.25, 0.3) is 11.8 Å². The van der Waals surface area contributed by atoms with E-state index in [1.807, 2.05) is 6.92 Å². The van der Waals surface area contributed by atoms with Crippen molar-refractivity contribution in [2.75, 3.05) is 11.4 Å². The van der Waals surface area contributed by atoms with Crippen molar-refractivity contribution < 1.29 is 14.0 Å². The number of hydrogen-bond acceptors (Lipinski definition) is 4. The molecule has 7 heteroatoms. The summed E-state index contributed by atoms with van der Waals surface area (Å²) in [6.45, 7) is 2.57. The molecule has 0 radical (unpaired) electrons. The Morgan fingerprint density at radius 3 is 2.91 bits per heavy atom. The lowest BCUT2D eigenvalue weighted by atomic mass is 10.0. The molecule has 2 aromatic rings. The number of carbonyl (C=O) groups is 2. The summed E-state index contributed by atoms with van der Waals surface area (Å²) in [5.41, 5.74) is 0. The van der Waals surface area contributed by atoms with Gasteiger partial charge >= 0.3 is 0 Å². The van der Waals surface area contributed by atoms with Gasteiger partial charge in [-0.15, -0.1) is 0 Å². The molecule has 1 saturated heterocycles. The van der Waals surface area contributed by atoms with Crippen LogP contribution < -0.4 is 10.2 Å². The van der Waals surface area contributed by atoms with E-state index in [1.165, 1.54) is 0 Å². The second-order valence-electron chi connectivity index (χ2n) is 5.63. The van der Waals surface area contributed by atoms with Gasteiger partial charge in [-0.25, -0.2) is 0 Å². The molecule has 1 N–H and O–H groups in total. The van der Waals surface area contributed by atoms with Gasteiger partial charge in [0, 0.05) is 32.3 Å². The number of nitrogens with one attached hydrogen (secondary N) is 1. The van der Waals surface area contributed by atoms with Crippen LogP contribution in [0.5, 0.6) is 0 Å². The average Bonchev–Trinajstić information content (AvgIpc) is 3.18. The Labute approximate surface area is 134 Å². The molecule has 0 aliphatic carbocycles. The Morgan fingerprint density at radius 2 is 2.26 bits per heavy atom. The number of hydrogen-bond donors (Lipinski definition) is 1. The average molecular weight is 316 g/mol. The van der Waals surface area contributed by atoms with E-state index in [9.17, 15) is 9.59 Å². The summed E-state index contributed by atoms with van der Waals surface area (Å²) in [7, 11) is 1.80. The summed E-state index contributed by atoms with van der Waals surface area (Å²) in [6.07, 6.45) is 3.95. The maximum atomic E-state index is 12.6. The first-order valence-corrected chi connectivity index (χ1v) is 7.79. The van der Waals surface area contributed by atoms with Crippen molar-refractivity contribution in [3.8, 4) is 0 Å². The maximum Gasteiger partial charge on any atom is 0.287 e. The van der Waals surface area contributed by atoms with Gasteiger partial charge in [-0.1, -0.05) is 6.92 Å². The zero-order valence-electron chi connectivity index (χ0n) is 13.3. The second kappa shape index (κ2) is 6.28. The Kier molecular flexibility index (Phi) is 4.18. The van der Waals surface area contributed by atoms with Gasteiger partial charge in [-0.2, -0.15) is 5.10 Å². The van der Waals surface area contributed by atoms with Gasteiger partial charge < -0.3 is 9.73 Å². The number of nitrogens with zero attached hydrogens (tertiary/aromatic N) is 3. The largest absolute Gasteiger partial charge is 0.456 e. The van der Waals surface area contributed by atoms with E-state index in [4.69, 9.17) is 4.42 Å². The van der Waals surface area contributed by atoms with Crippen molar-refractivity contribution in [2.24, 2.45) is 7.05 Å². The SMILES string of the molecule is CCc1ccc(C(=O)N[C@H]2CCCN(c3ccn(C)n3)C2=O)o1. The fraction of sp³-hybridized carbons (Fsp3) is 0.438. The zero-order valence-corrected chi connectivity index (χ0v) is 13.3. The fourth-order valence-electron chi connectivity index (χ4n) is 2.70. The van der Waals surface area contributed by atoms with Crippen molar-refractivity contribution in [1.29, 1.82) is 0 Å². The molecule has 1 aliphatic rings. The summed E-state index contributed by atoms with van der Waals surface area (Å²) in [5, 5.41) is 7.03. The molecule has 0 spiro atoms. The molecular formula is C16H20N4O3. The van der Waals surface area contributed by atoms with Crippen LogP contribution in [0, 0.1) is 0 Å². The van der Waals surface area contributed by atoms with Crippen molar-refractivity contribution in [2.45, 2.75) is 32.2 Å². The van der Waals surface area contributed by atoms with Crippen LogP contribution in [0.1, 0.15) is 36.1 Å². The van der Waals surface area contributed by atoms with Gasteiger partial charge in [0.2, 0.25) is 0 Å². The number of furan rings is 1. The van der Waals surface area contributed by atoms with Crippen molar-refractivity contribution in [1.82, 2.24) is 15.1 Å². The van der Waals surface area contributed by atoms with E-state index in [1.54, 1.807) is 41.0 Å². The predicted molar refractivity (Wildman–Crippen MR) is 84.1 cm³/mol. The highest BCUT2D eigenvalue weighted by Gasteiger charge is 2.32. The number of aryl methyl sites for hydroxylation is 2. The minimum absolute atomic E-state index is 0.134. The van der Waals surface area contributed by atoms with Crippen LogP contribution in [0.2, 0.25) is 0 Å². The molecule has 1 fully saturated rings. The molecule has 1 atom stereocenters. The van der Waals surface area contributed by atoms with E-state index in [2.05, 4.69) is 10.4 Å². The molecule has 0 saturated carbocycles. The minimum atomic E-state index is -0.548. The summed E-state index contributed by atoms with van der Waals surface area (Å²) in [4.78, 5) is 26.5. The molecule has 3 heterocycles. The lowest BCUT2D eigenvalue weighted by Gasteiger charge is -2.30. The monoisotopic (exact) mass is 316 g/mol. The van der Waals surface area contributed by atoms with Gasteiger partial charge in [-0.3, -0.25) is 19.2 Å². The molecule has 2 amide bonds. The third kappa shape index (κ3) is 3.13. The Hall–Kier alpha value is -2.57. The normalized spacial score (nSPS) is 18.3. The van der Waals surface area contributed by atoms with Gasteiger partial charge in [0.15, 0.2) is 11.6 Å². The first kappa shape index (κ1) is 15.3. The third-order valence-electron chi connectivity index (χ3n) is 3.95. The number of amides is 2. The van der Waals surface area contributed by atoms with Gasteiger partial charge in [-0.05, 0) is 25.0 Å². The van der Waals surface area contributed by atoms with Crippen LogP contribution in [-0.4, -0.2) is 34.2 Å². The highest BCUT2D eigenvalue weighted by atomic mass is 16.3. The number of anilines is 1. The standard InChI is InChI=1S/C16H20N4O3/c1-3-11-6-7-13(23-11)15(21)17-12-5-4-9-20(16(12)22)14-8-10-19(2)18-14/h6-8,10,12H,3-5,9H2,1-2H3,(H,17,21)/t12-/m0/s1. The number of aromatic nitrogens is 2. The minimum Gasteiger partial charge on any atom is -0.456 e. The highest BCUT2D eigenvalue weighted by molar-refractivity contribution is 6.01. The van der Waals surface area contributed by atoms with Gasteiger partial charge in [0.05, 0.1) is 0 Å². The quantitative estimate of drug-likeness (QED) is 0.927. The summed E-state index contributed by atoms with van der Waals surface area (Å²) in [6, 6.07) is 4.66. The molecule has 1 aliphatic heterocycles. The summed E-state index contributed by atoms with van der Waals surface area (Å²) < 4.78 is 7.09. The van der Waals surface area contributed by atoms with E-state index in [0.29, 0.717) is 18.8 Å². The van der Waals surface area contributed by atoms with Crippen molar-refractivity contribution >= 4 is 17.6 Å². The smallest absolute Gasteiger partial charge is 0.287 e. The number of piperidine rings is 1.